The molecule has 0 aliphatic carbocycles. The first-order valence-electron chi connectivity index (χ1n) is 5.85. The lowest BCUT2D eigenvalue weighted by Crippen LogP contribution is -2.44. The Bertz CT molecular complexity index is 420. The summed E-state index contributed by atoms with van der Waals surface area (Å²) in [6, 6.07) is 2.66. The van der Waals surface area contributed by atoms with Crippen LogP contribution in [0.3, 0.4) is 0 Å². The predicted molar refractivity (Wildman–Crippen MR) is 84.8 cm³/mol. The zero-order valence-corrected chi connectivity index (χ0v) is 13.2. The number of halogens is 2. The van der Waals surface area contributed by atoms with Crippen LogP contribution in [0.15, 0.2) is 24.5 Å². The van der Waals surface area contributed by atoms with Crippen LogP contribution in [0.25, 0.3) is 0 Å². The van der Waals surface area contributed by atoms with E-state index in [9.17, 15) is 9.59 Å². The molecule has 1 heterocycles. The van der Waals surface area contributed by atoms with Gasteiger partial charge >= 0.3 is 0 Å². The average molecular weight is 339 g/mol. The van der Waals surface area contributed by atoms with Gasteiger partial charge in [0.05, 0.1) is 6.61 Å². The molecule has 4 N–H and O–H groups in total. The Hall–Kier alpha value is -1.41. The van der Waals surface area contributed by atoms with Gasteiger partial charge in [0.15, 0.2) is 0 Å². The SMILES string of the molecule is COCC(N)C(=O)NCCC(=O)Nc1ccncc1.Cl.Cl. The second-order valence-corrected chi connectivity index (χ2v) is 3.89. The fourth-order valence-corrected chi connectivity index (χ4v) is 1.34. The third-order valence-electron chi connectivity index (χ3n) is 2.30. The minimum Gasteiger partial charge on any atom is -0.383 e. The third kappa shape index (κ3) is 9.19. The van der Waals surface area contributed by atoms with Gasteiger partial charge in [0.2, 0.25) is 11.8 Å². The molecule has 0 aliphatic heterocycles. The maximum absolute atomic E-state index is 11.6. The smallest absolute Gasteiger partial charge is 0.239 e. The van der Waals surface area contributed by atoms with E-state index in [2.05, 4.69) is 15.6 Å². The van der Waals surface area contributed by atoms with E-state index in [1.807, 2.05) is 0 Å². The molecule has 7 nitrogen and oxygen atoms in total. The Morgan fingerprint density at radius 2 is 1.95 bits per heavy atom. The molecule has 1 atom stereocenters. The van der Waals surface area contributed by atoms with Gasteiger partial charge in [-0.25, -0.2) is 0 Å². The van der Waals surface area contributed by atoms with Crippen LogP contribution in [0.4, 0.5) is 5.69 Å². The molecule has 0 aliphatic rings. The number of ether oxygens (including phenoxy) is 1. The van der Waals surface area contributed by atoms with Gasteiger partial charge in [0.1, 0.15) is 6.04 Å². The molecule has 1 unspecified atom stereocenters. The van der Waals surface area contributed by atoms with Crippen molar-refractivity contribution in [3.05, 3.63) is 24.5 Å². The van der Waals surface area contributed by atoms with Crippen molar-refractivity contribution in [1.82, 2.24) is 10.3 Å². The average Bonchev–Trinajstić information content (AvgIpc) is 2.40. The molecule has 1 aromatic rings. The minimum atomic E-state index is -0.715. The highest BCUT2D eigenvalue weighted by Gasteiger charge is 2.12. The molecule has 0 fully saturated rings. The first-order chi connectivity index (χ1) is 9.13. The van der Waals surface area contributed by atoms with E-state index in [1.54, 1.807) is 24.5 Å². The Morgan fingerprint density at radius 1 is 1.33 bits per heavy atom. The predicted octanol–water partition coefficient (Wildman–Crippen LogP) is 0.344. The van der Waals surface area contributed by atoms with Gasteiger partial charge in [-0.3, -0.25) is 14.6 Å². The van der Waals surface area contributed by atoms with Crippen molar-refractivity contribution in [3.63, 3.8) is 0 Å². The molecule has 120 valence electrons. The number of methoxy groups -OCH3 is 1. The van der Waals surface area contributed by atoms with Crippen molar-refractivity contribution in [2.75, 3.05) is 25.6 Å². The van der Waals surface area contributed by atoms with Gasteiger partial charge in [0.25, 0.3) is 0 Å². The number of nitrogens with zero attached hydrogens (tertiary/aromatic N) is 1. The summed E-state index contributed by atoms with van der Waals surface area (Å²) in [6.07, 6.45) is 3.34. The highest BCUT2D eigenvalue weighted by Crippen LogP contribution is 2.03. The van der Waals surface area contributed by atoms with E-state index in [0.717, 1.165) is 0 Å². The van der Waals surface area contributed by atoms with Gasteiger partial charge in [-0.1, -0.05) is 0 Å². The van der Waals surface area contributed by atoms with E-state index in [4.69, 9.17) is 10.5 Å². The molecule has 2 amide bonds. The molecule has 0 saturated carbocycles. The quantitative estimate of drug-likeness (QED) is 0.664. The number of rotatable bonds is 7. The van der Waals surface area contributed by atoms with Crippen LogP contribution in [-0.2, 0) is 14.3 Å². The maximum Gasteiger partial charge on any atom is 0.239 e. The van der Waals surface area contributed by atoms with Crippen LogP contribution in [0.2, 0.25) is 0 Å². The monoisotopic (exact) mass is 338 g/mol. The van der Waals surface area contributed by atoms with Gasteiger partial charge in [-0.2, -0.15) is 0 Å². The normalized spacial score (nSPS) is 10.6. The molecule has 0 aromatic carbocycles. The number of anilines is 1. The van der Waals surface area contributed by atoms with Crippen molar-refractivity contribution in [2.45, 2.75) is 12.5 Å². The van der Waals surface area contributed by atoms with Gasteiger partial charge in [-0.05, 0) is 12.1 Å². The van der Waals surface area contributed by atoms with E-state index in [0.29, 0.717) is 5.69 Å². The Labute approximate surface area is 135 Å². The fourth-order valence-electron chi connectivity index (χ4n) is 1.34. The highest BCUT2D eigenvalue weighted by molar-refractivity contribution is 5.91. The summed E-state index contributed by atoms with van der Waals surface area (Å²) >= 11 is 0. The minimum absolute atomic E-state index is 0. The van der Waals surface area contributed by atoms with Crippen molar-refractivity contribution in [2.24, 2.45) is 5.73 Å². The number of hydrogen-bond acceptors (Lipinski definition) is 5. The largest absolute Gasteiger partial charge is 0.383 e. The van der Waals surface area contributed by atoms with Crippen LogP contribution in [-0.4, -0.2) is 43.1 Å². The number of carbonyl (C=O) groups is 2. The molecule has 0 spiro atoms. The number of nitrogens with one attached hydrogen (secondary N) is 2. The summed E-state index contributed by atoms with van der Waals surface area (Å²) < 4.78 is 4.76. The van der Waals surface area contributed by atoms with Gasteiger partial charge < -0.3 is 21.1 Å². The van der Waals surface area contributed by atoms with Crippen LogP contribution in [0, 0.1) is 0 Å². The molecular formula is C12H20Cl2N4O3. The summed E-state index contributed by atoms with van der Waals surface area (Å²) in [7, 11) is 1.47. The first-order valence-corrected chi connectivity index (χ1v) is 5.85. The van der Waals surface area contributed by atoms with Crippen LogP contribution < -0.4 is 16.4 Å². The van der Waals surface area contributed by atoms with Crippen molar-refractivity contribution in [1.29, 1.82) is 0 Å². The zero-order valence-electron chi connectivity index (χ0n) is 11.6. The summed E-state index contributed by atoms with van der Waals surface area (Å²) in [5.74, 6) is -0.523. The Balaban J connectivity index is 0. The number of hydrogen-bond donors (Lipinski definition) is 3. The zero-order chi connectivity index (χ0) is 14.1. The summed E-state index contributed by atoms with van der Waals surface area (Å²) in [5.41, 5.74) is 6.19. The molecule has 0 bridgehead atoms. The highest BCUT2D eigenvalue weighted by atomic mass is 35.5. The van der Waals surface area contributed by atoms with E-state index >= 15 is 0 Å². The van der Waals surface area contributed by atoms with Gasteiger partial charge in [-0.15, -0.1) is 24.8 Å². The first kappa shape index (κ1) is 21.9. The lowest BCUT2D eigenvalue weighted by atomic mass is 10.3. The van der Waals surface area contributed by atoms with Crippen molar-refractivity contribution in [3.8, 4) is 0 Å². The van der Waals surface area contributed by atoms with Gasteiger partial charge in [0, 0.05) is 38.2 Å². The second-order valence-electron chi connectivity index (χ2n) is 3.89. The van der Waals surface area contributed by atoms with Crippen LogP contribution >= 0.6 is 24.8 Å². The summed E-state index contributed by atoms with van der Waals surface area (Å²) in [5, 5.41) is 5.25. The molecule has 21 heavy (non-hydrogen) atoms. The topological polar surface area (TPSA) is 106 Å². The van der Waals surface area contributed by atoms with Crippen molar-refractivity contribution < 1.29 is 14.3 Å². The summed E-state index contributed by atoms with van der Waals surface area (Å²) in [4.78, 5) is 26.8. The molecule has 1 aromatic heterocycles. The van der Waals surface area contributed by atoms with Crippen LogP contribution in [0.5, 0.6) is 0 Å². The number of nitrogens with two attached hydrogens (primary N) is 1. The lowest BCUT2D eigenvalue weighted by Gasteiger charge is -2.11. The number of amides is 2. The number of carbonyl (C=O) groups excluding carboxylic acids is 2. The number of pyridine rings is 1. The van der Waals surface area contributed by atoms with E-state index in [1.165, 1.54) is 7.11 Å². The molecule has 9 heteroatoms. The van der Waals surface area contributed by atoms with E-state index < -0.39 is 6.04 Å². The lowest BCUT2D eigenvalue weighted by molar-refractivity contribution is -0.123. The maximum atomic E-state index is 11.6. The second kappa shape index (κ2) is 12.3. The van der Waals surface area contributed by atoms with Crippen LogP contribution in [0.1, 0.15) is 6.42 Å². The molecule has 0 saturated heterocycles. The molecular weight excluding hydrogens is 319 g/mol. The third-order valence-corrected chi connectivity index (χ3v) is 2.30. The number of aromatic nitrogens is 1. The summed E-state index contributed by atoms with van der Waals surface area (Å²) in [6.45, 7) is 0.377. The standard InChI is InChI=1S/C12H18N4O3.2ClH/c1-19-8-10(13)12(18)15-7-4-11(17)16-9-2-5-14-6-3-9;;/h2-3,5-6,10H,4,7-8,13H2,1H3,(H,15,18)(H,14,16,17);2*1H. The van der Waals surface area contributed by atoms with E-state index in [-0.39, 0.29) is 56.2 Å². The Morgan fingerprint density at radius 3 is 2.52 bits per heavy atom. The fraction of sp³-hybridized carbons (Fsp3) is 0.417. The van der Waals surface area contributed by atoms with Crippen molar-refractivity contribution >= 4 is 42.3 Å². The molecule has 1 rings (SSSR count). The Kier molecular flexibility index (Phi) is 12.9. The molecule has 0 radical (unpaired) electrons.